The van der Waals surface area contributed by atoms with Gasteiger partial charge in [0, 0.05) is 12.2 Å². The molecule has 152 valence electrons. The normalized spacial score (nSPS) is 10.1. The highest BCUT2D eigenvalue weighted by Crippen LogP contribution is 2.18. The molecule has 0 amide bonds. The third-order valence-corrected chi connectivity index (χ3v) is 4.30. The van der Waals surface area contributed by atoms with Gasteiger partial charge in [-0.1, -0.05) is 18.2 Å². The molecule has 2 aromatic rings. The van der Waals surface area contributed by atoms with Crippen LogP contribution in [-0.4, -0.2) is 31.6 Å². The SMILES string of the molecule is CCOC(=O)CN(CCCCc1ccc(N=C(N)N)cc1)c1cccc(C#N)c1. The Kier molecular flexibility index (Phi) is 8.51. The number of unbranched alkanes of at least 4 members (excludes halogenated alkanes) is 1. The van der Waals surface area contributed by atoms with Gasteiger partial charge in [0.05, 0.1) is 23.9 Å². The van der Waals surface area contributed by atoms with Crippen LogP contribution in [0, 0.1) is 11.3 Å². The van der Waals surface area contributed by atoms with Crippen molar-refractivity contribution in [2.24, 2.45) is 16.5 Å². The number of aliphatic imine (C=N–C) groups is 1. The number of benzene rings is 2. The molecule has 29 heavy (non-hydrogen) atoms. The van der Waals surface area contributed by atoms with Crippen LogP contribution < -0.4 is 16.4 Å². The molecule has 0 bridgehead atoms. The Balaban J connectivity index is 1.94. The average molecular weight is 393 g/mol. The van der Waals surface area contributed by atoms with Crippen molar-refractivity contribution in [2.45, 2.75) is 26.2 Å². The number of aryl methyl sites for hydroxylation is 1. The molecular weight excluding hydrogens is 366 g/mol. The smallest absolute Gasteiger partial charge is 0.325 e. The summed E-state index contributed by atoms with van der Waals surface area (Å²) in [6.07, 6.45) is 2.76. The Labute approximate surface area is 171 Å². The topological polar surface area (TPSA) is 118 Å². The first kappa shape index (κ1) is 21.8. The summed E-state index contributed by atoms with van der Waals surface area (Å²) in [6, 6.07) is 17.2. The number of hydrogen-bond donors (Lipinski definition) is 2. The minimum absolute atomic E-state index is 0.0416. The first-order chi connectivity index (χ1) is 14.0. The van der Waals surface area contributed by atoms with Gasteiger partial charge in [0.25, 0.3) is 0 Å². The molecule has 2 rings (SSSR count). The summed E-state index contributed by atoms with van der Waals surface area (Å²) in [4.78, 5) is 18.0. The minimum atomic E-state index is -0.273. The molecule has 0 aromatic heterocycles. The van der Waals surface area contributed by atoms with Crippen LogP contribution in [0.15, 0.2) is 53.5 Å². The Morgan fingerprint density at radius 3 is 2.59 bits per heavy atom. The zero-order chi connectivity index (χ0) is 21.1. The molecule has 0 aliphatic rings. The van der Waals surface area contributed by atoms with E-state index in [9.17, 15) is 4.79 Å². The highest BCUT2D eigenvalue weighted by molar-refractivity contribution is 5.79. The van der Waals surface area contributed by atoms with Crippen molar-refractivity contribution >= 4 is 23.3 Å². The highest BCUT2D eigenvalue weighted by atomic mass is 16.5. The van der Waals surface area contributed by atoms with Gasteiger partial charge in [-0.2, -0.15) is 5.26 Å². The zero-order valence-corrected chi connectivity index (χ0v) is 16.7. The standard InChI is InChI=1S/C22H27N5O2/c1-2-29-21(28)16-27(20-8-5-7-18(14-20)15-23)13-4-3-6-17-9-11-19(12-10-17)26-22(24)25/h5,7-12,14H,2-4,6,13,16H2,1H3,(H4,24,25,26). The van der Waals surface area contributed by atoms with E-state index in [4.69, 9.17) is 21.5 Å². The molecule has 0 aliphatic heterocycles. The number of carbonyl (C=O) groups excluding carboxylic acids is 1. The van der Waals surface area contributed by atoms with Gasteiger partial charge in [-0.05, 0) is 62.1 Å². The first-order valence-electron chi connectivity index (χ1n) is 9.61. The van der Waals surface area contributed by atoms with E-state index in [1.54, 1.807) is 19.1 Å². The third kappa shape index (κ3) is 7.54. The molecule has 7 nitrogen and oxygen atoms in total. The summed E-state index contributed by atoms with van der Waals surface area (Å²) in [6.45, 7) is 2.99. The van der Waals surface area contributed by atoms with E-state index in [0.29, 0.717) is 18.7 Å². The van der Waals surface area contributed by atoms with Crippen molar-refractivity contribution in [3.8, 4) is 6.07 Å². The van der Waals surface area contributed by atoms with E-state index >= 15 is 0 Å². The zero-order valence-electron chi connectivity index (χ0n) is 16.7. The largest absolute Gasteiger partial charge is 0.465 e. The van der Waals surface area contributed by atoms with E-state index in [-0.39, 0.29) is 18.5 Å². The summed E-state index contributed by atoms with van der Waals surface area (Å²) in [5, 5.41) is 9.14. The third-order valence-electron chi connectivity index (χ3n) is 4.30. The van der Waals surface area contributed by atoms with Gasteiger partial charge in [-0.25, -0.2) is 4.99 Å². The summed E-state index contributed by atoms with van der Waals surface area (Å²) in [5.41, 5.74) is 14.1. The number of ether oxygens (including phenoxy) is 1. The maximum absolute atomic E-state index is 12.0. The molecule has 0 heterocycles. The fraction of sp³-hybridized carbons (Fsp3) is 0.318. The number of esters is 1. The maximum Gasteiger partial charge on any atom is 0.325 e. The number of anilines is 1. The second-order valence-electron chi connectivity index (χ2n) is 6.55. The lowest BCUT2D eigenvalue weighted by Crippen LogP contribution is -2.32. The number of rotatable bonds is 10. The number of carbonyl (C=O) groups is 1. The van der Waals surface area contributed by atoms with Gasteiger partial charge in [-0.15, -0.1) is 0 Å². The second-order valence-corrected chi connectivity index (χ2v) is 6.55. The van der Waals surface area contributed by atoms with Gasteiger partial charge < -0.3 is 21.1 Å². The van der Waals surface area contributed by atoms with E-state index in [0.717, 1.165) is 30.6 Å². The number of nitrogens with two attached hydrogens (primary N) is 2. The van der Waals surface area contributed by atoms with Crippen molar-refractivity contribution in [2.75, 3.05) is 24.6 Å². The molecule has 0 atom stereocenters. The lowest BCUT2D eigenvalue weighted by Gasteiger charge is -2.24. The molecule has 0 radical (unpaired) electrons. The van der Waals surface area contributed by atoms with Gasteiger partial charge >= 0.3 is 5.97 Å². The number of nitrogens with zero attached hydrogens (tertiary/aromatic N) is 3. The first-order valence-corrected chi connectivity index (χ1v) is 9.61. The minimum Gasteiger partial charge on any atom is -0.465 e. The van der Waals surface area contributed by atoms with Crippen LogP contribution >= 0.6 is 0 Å². The summed E-state index contributed by atoms with van der Waals surface area (Å²) in [5.74, 6) is -0.231. The quantitative estimate of drug-likeness (QED) is 0.277. The lowest BCUT2D eigenvalue weighted by atomic mass is 10.1. The molecule has 0 saturated carbocycles. The Morgan fingerprint density at radius 1 is 1.17 bits per heavy atom. The predicted octanol–water partition coefficient (Wildman–Crippen LogP) is 2.86. The highest BCUT2D eigenvalue weighted by Gasteiger charge is 2.13. The molecule has 0 spiro atoms. The van der Waals surface area contributed by atoms with Gasteiger partial charge in [0.2, 0.25) is 0 Å². The summed E-state index contributed by atoms with van der Waals surface area (Å²) >= 11 is 0. The molecule has 7 heteroatoms. The average Bonchev–Trinajstić information content (AvgIpc) is 2.71. The Bertz CT molecular complexity index is 868. The van der Waals surface area contributed by atoms with Crippen molar-refractivity contribution in [3.63, 3.8) is 0 Å². The van der Waals surface area contributed by atoms with Crippen LogP contribution in [0.25, 0.3) is 0 Å². The Morgan fingerprint density at radius 2 is 1.93 bits per heavy atom. The Hall–Kier alpha value is -3.53. The van der Waals surface area contributed by atoms with Crippen LogP contribution in [0.1, 0.15) is 30.9 Å². The van der Waals surface area contributed by atoms with Crippen LogP contribution in [0.4, 0.5) is 11.4 Å². The predicted molar refractivity (Wildman–Crippen MR) is 115 cm³/mol. The van der Waals surface area contributed by atoms with Crippen molar-refractivity contribution in [3.05, 3.63) is 59.7 Å². The van der Waals surface area contributed by atoms with Crippen LogP contribution in [0.2, 0.25) is 0 Å². The number of hydrogen-bond acceptors (Lipinski definition) is 5. The van der Waals surface area contributed by atoms with E-state index in [2.05, 4.69) is 11.1 Å². The van der Waals surface area contributed by atoms with Gasteiger partial charge in [0.1, 0.15) is 6.54 Å². The fourth-order valence-corrected chi connectivity index (χ4v) is 2.95. The molecule has 4 N–H and O–H groups in total. The van der Waals surface area contributed by atoms with Gasteiger partial charge in [0.15, 0.2) is 5.96 Å². The van der Waals surface area contributed by atoms with Gasteiger partial charge in [-0.3, -0.25) is 4.79 Å². The molecule has 2 aromatic carbocycles. The van der Waals surface area contributed by atoms with Crippen LogP contribution in [0.5, 0.6) is 0 Å². The second kappa shape index (κ2) is 11.3. The van der Waals surface area contributed by atoms with E-state index < -0.39 is 0 Å². The molecule has 0 saturated heterocycles. The van der Waals surface area contributed by atoms with Crippen LogP contribution in [-0.2, 0) is 16.0 Å². The number of nitriles is 1. The monoisotopic (exact) mass is 393 g/mol. The number of guanidine groups is 1. The van der Waals surface area contributed by atoms with Crippen molar-refractivity contribution < 1.29 is 9.53 Å². The molecule has 0 unspecified atom stereocenters. The lowest BCUT2D eigenvalue weighted by molar-refractivity contribution is -0.141. The van der Waals surface area contributed by atoms with E-state index in [1.165, 1.54) is 5.56 Å². The summed E-state index contributed by atoms with van der Waals surface area (Å²) < 4.78 is 5.09. The van der Waals surface area contributed by atoms with Crippen molar-refractivity contribution in [1.29, 1.82) is 5.26 Å². The molecular formula is C22H27N5O2. The van der Waals surface area contributed by atoms with Crippen molar-refractivity contribution in [1.82, 2.24) is 0 Å². The molecule has 0 aliphatic carbocycles. The molecule has 0 fully saturated rings. The summed E-state index contributed by atoms with van der Waals surface area (Å²) in [7, 11) is 0. The fourth-order valence-electron chi connectivity index (χ4n) is 2.95. The maximum atomic E-state index is 12.0. The van der Waals surface area contributed by atoms with Crippen LogP contribution in [0.3, 0.4) is 0 Å². The van der Waals surface area contributed by atoms with E-state index in [1.807, 2.05) is 41.3 Å².